The summed E-state index contributed by atoms with van der Waals surface area (Å²) in [6, 6.07) is 12.4. The van der Waals surface area contributed by atoms with E-state index in [1.54, 1.807) is 41.8 Å². The van der Waals surface area contributed by atoms with Crippen LogP contribution >= 0.6 is 11.3 Å². The third kappa shape index (κ3) is 5.86. The van der Waals surface area contributed by atoms with Gasteiger partial charge in [0.25, 0.3) is 11.6 Å². The van der Waals surface area contributed by atoms with Crippen LogP contribution in [0.3, 0.4) is 0 Å². The second-order valence-corrected chi connectivity index (χ2v) is 9.78. The number of non-ortho nitro benzene ring substituents is 1. The van der Waals surface area contributed by atoms with Crippen molar-refractivity contribution in [3.63, 3.8) is 0 Å². The minimum atomic E-state index is -4.60. The monoisotopic (exact) mass is 573 g/mol. The number of ether oxygens (including phenoxy) is 2. The van der Waals surface area contributed by atoms with Gasteiger partial charge in [0.2, 0.25) is 0 Å². The van der Waals surface area contributed by atoms with E-state index in [1.807, 2.05) is 6.92 Å². The number of rotatable bonds is 8. The molecule has 40 heavy (non-hydrogen) atoms. The Kier molecular flexibility index (Phi) is 7.34. The fourth-order valence-corrected chi connectivity index (χ4v) is 5.07. The summed E-state index contributed by atoms with van der Waals surface area (Å²) in [4.78, 5) is 24.6. The van der Waals surface area contributed by atoms with Crippen LogP contribution in [0.25, 0.3) is 0 Å². The first-order chi connectivity index (χ1) is 19.1. The number of nitro benzene ring substituents is 1. The molecule has 0 fully saturated rings. The maximum atomic E-state index is 13.9. The van der Waals surface area contributed by atoms with Crippen LogP contribution < -0.4 is 20.1 Å². The van der Waals surface area contributed by atoms with Gasteiger partial charge in [-0.15, -0.1) is 11.3 Å². The first kappa shape index (κ1) is 27.0. The molecule has 0 saturated heterocycles. The molecule has 0 saturated carbocycles. The Morgan fingerprint density at radius 1 is 1.18 bits per heavy atom. The number of carbonyl (C=O) groups is 1. The summed E-state index contributed by atoms with van der Waals surface area (Å²) in [5.74, 6) is 0.247. The second-order valence-electron chi connectivity index (χ2n) is 8.80. The topological polar surface area (TPSA) is 121 Å². The SMILES string of the molecule is CCOc1ccc(Oc2cc(NC(=O)c3cc4n(n3)[C@@H](C(F)(F)F)C[C@H](c3cccs3)N4)cc([N+](=O)[O-])c2)cc1. The van der Waals surface area contributed by atoms with E-state index in [0.717, 1.165) is 15.6 Å². The highest BCUT2D eigenvalue weighted by Gasteiger charge is 2.47. The molecular formula is C26H22F3N5O5S. The highest BCUT2D eigenvalue weighted by atomic mass is 32.1. The van der Waals surface area contributed by atoms with Gasteiger partial charge in [0.1, 0.15) is 23.1 Å². The lowest BCUT2D eigenvalue weighted by molar-refractivity contribution is -0.384. The molecule has 0 radical (unpaired) electrons. The van der Waals surface area contributed by atoms with Crippen molar-refractivity contribution in [2.24, 2.45) is 0 Å². The molecule has 4 aromatic rings. The number of fused-ring (bicyclic) bond motifs is 1. The number of hydrogen-bond acceptors (Lipinski definition) is 8. The van der Waals surface area contributed by atoms with E-state index in [1.165, 1.54) is 29.5 Å². The van der Waals surface area contributed by atoms with Crippen LogP contribution in [0.15, 0.2) is 66.0 Å². The van der Waals surface area contributed by atoms with Crippen molar-refractivity contribution in [3.8, 4) is 17.2 Å². The number of nitrogens with zero attached hydrogens (tertiary/aromatic N) is 3. The van der Waals surface area contributed by atoms with Gasteiger partial charge in [0.15, 0.2) is 11.7 Å². The molecule has 2 N–H and O–H groups in total. The molecule has 0 bridgehead atoms. The Hall–Kier alpha value is -4.59. The molecule has 0 aliphatic carbocycles. The summed E-state index contributed by atoms with van der Waals surface area (Å²) in [6.45, 7) is 2.32. The van der Waals surface area contributed by atoms with Gasteiger partial charge in [-0.25, -0.2) is 4.68 Å². The van der Waals surface area contributed by atoms with Crippen molar-refractivity contribution in [1.82, 2.24) is 9.78 Å². The van der Waals surface area contributed by atoms with Gasteiger partial charge in [0.05, 0.1) is 29.3 Å². The van der Waals surface area contributed by atoms with Gasteiger partial charge in [-0.05, 0) is 42.6 Å². The van der Waals surface area contributed by atoms with E-state index in [9.17, 15) is 28.1 Å². The summed E-state index contributed by atoms with van der Waals surface area (Å²) in [6.07, 6.45) is -4.89. The number of hydrogen-bond donors (Lipinski definition) is 2. The van der Waals surface area contributed by atoms with Crippen LogP contribution in [0.1, 0.15) is 40.8 Å². The Labute approximate surface area is 229 Å². The van der Waals surface area contributed by atoms with Gasteiger partial charge < -0.3 is 20.1 Å². The highest BCUT2D eigenvalue weighted by Crippen LogP contribution is 2.44. The van der Waals surface area contributed by atoms with E-state index in [4.69, 9.17) is 9.47 Å². The predicted octanol–water partition coefficient (Wildman–Crippen LogP) is 6.96. The zero-order chi connectivity index (χ0) is 28.4. The fourth-order valence-electron chi connectivity index (χ4n) is 4.28. The fraction of sp³-hybridized carbons (Fsp3) is 0.231. The predicted molar refractivity (Wildman–Crippen MR) is 141 cm³/mol. The molecule has 14 heteroatoms. The minimum Gasteiger partial charge on any atom is -0.494 e. The smallest absolute Gasteiger partial charge is 0.410 e. The average Bonchev–Trinajstić information content (AvgIpc) is 3.59. The molecule has 1 aliphatic rings. The number of benzene rings is 2. The molecule has 5 rings (SSSR count). The summed E-state index contributed by atoms with van der Waals surface area (Å²) in [5, 5.41) is 22.7. The zero-order valence-electron chi connectivity index (χ0n) is 20.8. The second kappa shape index (κ2) is 10.9. The van der Waals surface area contributed by atoms with Gasteiger partial charge in [-0.2, -0.15) is 18.3 Å². The Bertz CT molecular complexity index is 1520. The summed E-state index contributed by atoms with van der Waals surface area (Å²) in [5.41, 5.74) is -0.646. The highest BCUT2D eigenvalue weighted by molar-refractivity contribution is 7.10. The number of alkyl halides is 3. The Morgan fingerprint density at radius 3 is 2.58 bits per heavy atom. The molecule has 2 aromatic heterocycles. The third-order valence-corrected chi connectivity index (χ3v) is 7.03. The standard InChI is InChI=1S/C26H22F3N5O5S/c1-2-38-17-5-7-18(8-6-17)39-19-11-15(10-16(12-19)34(36)37)30-25(35)21-14-24-31-20(22-4-3-9-40-22)13-23(26(27,28)29)33(24)32-21/h3-12,14,20,23,31H,2,13H2,1H3,(H,30,35)/t20-,23-/m1/s1. The van der Waals surface area contributed by atoms with Crippen LogP contribution in [0.5, 0.6) is 17.2 Å². The molecule has 0 unspecified atom stereocenters. The largest absolute Gasteiger partial charge is 0.494 e. The summed E-state index contributed by atoms with van der Waals surface area (Å²) in [7, 11) is 0. The summed E-state index contributed by atoms with van der Waals surface area (Å²) < 4.78 is 53.6. The van der Waals surface area contributed by atoms with Crippen LogP contribution in [-0.2, 0) is 0 Å². The van der Waals surface area contributed by atoms with Gasteiger partial charge >= 0.3 is 6.18 Å². The van der Waals surface area contributed by atoms with E-state index in [-0.39, 0.29) is 35.1 Å². The number of amides is 1. The first-order valence-electron chi connectivity index (χ1n) is 12.1. The lowest BCUT2D eigenvalue weighted by Gasteiger charge is -2.32. The molecule has 10 nitrogen and oxygen atoms in total. The van der Waals surface area contributed by atoms with Crippen LogP contribution in [0, 0.1) is 10.1 Å². The maximum Gasteiger partial charge on any atom is 0.410 e. The van der Waals surface area contributed by atoms with Crippen molar-refractivity contribution in [2.45, 2.75) is 31.6 Å². The molecule has 1 amide bonds. The van der Waals surface area contributed by atoms with Crippen molar-refractivity contribution in [3.05, 3.63) is 86.7 Å². The Morgan fingerprint density at radius 2 is 1.93 bits per heavy atom. The number of anilines is 2. The quantitative estimate of drug-likeness (QED) is 0.173. The molecule has 1 aliphatic heterocycles. The molecule has 2 aromatic carbocycles. The van der Waals surface area contributed by atoms with Crippen LogP contribution in [0.2, 0.25) is 0 Å². The lowest BCUT2D eigenvalue weighted by Crippen LogP contribution is -2.35. The molecule has 3 heterocycles. The third-order valence-electron chi connectivity index (χ3n) is 6.04. The maximum absolute atomic E-state index is 13.9. The zero-order valence-corrected chi connectivity index (χ0v) is 21.7. The molecular weight excluding hydrogens is 551 g/mol. The molecule has 2 atom stereocenters. The number of nitro groups is 1. The van der Waals surface area contributed by atoms with Gasteiger partial charge in [0, 0.05) is 29.5 Å². The molecule has 208 valence electrons. The van der Waals surface area contributed by atoms with E-state index in [2.05, 4.69) is 15.7 Å². The van der Waals surface area contributed by atoms with Crippen molar-refractivity contribution in [1.29, 1.82) is 0 Å². The van der Waals surface area contributed by atoms with Gasteiger partial charge in [-0.1, -0.05) is 6.07 Å². The number of nitrogens with one attached hydrogen (secondary N) is 2. The number of carbonyl (C=O) groups excluding carboxylic acids is 1. The van der Waals surface area contributed by atoms with Crippen LogP contribution in [0.4, 0.5) is 30.4 Å². The molecule has 0 spiro atoms. The van der Waals surface area contributed by atoms with E-state index >= 15 is 0 Å². The number of thiophene rings is 1. The number of aromatic nitrogens is 2. The Balaban J connectivity index is 1.39. The van der Waals surface area contributed by atoms with Gasteiger partial charge in [-0.3, -0.25) is 14.9 Å². The first-order valence-corrected chi connectivity index (χ1v) is 13.0. The summed E-state index contributed by atoms with van der Waals surface area (Å²) >= 11 is 1.33. The average molecular weight is 574 g/mol. The van der Waals surface area contributed by atoms with E-state index in [0.29, 0.717) is 18.1 Å². The van der Waals surface area contributed by atoms with Crippen molar-refractivity contribution in [2.75, 3.05) is 17.2 Å². The van der Waals surface area contributed by atoms with Crippen LogP contribution in [-0.4, -0.2) is 33.4 Å². The minimum absolute atomic E-state index is 0.00269. The normalized spacial score (nSPS) is 16.5. The van der Waals surface area contributed by atoms with Crippen molar-refractivity contribution >= 4 is 34.4 Å². The van der Waals surface area contributed by atoms with E-state index < -0.39 is 29.1 Å². The lowest BCUT2D eigenvalue weighted by atomic mass is 10.0. The number of halogens is 3. The van der Waals surface area contributed by atoms with Crippen molar-refractivity contribution < 1.29 is 32.4 Å².